The molecule has 1 N–H and O–H groups in total. The summed E-state index contributed by atoms with van der Waals surface area (Å²) in [5.41, 5.74) is 2.73. The highest BCUT2D eigenvalue weighted by Crippen LogP contribution is 2.24. The van der Waals surface area contributed by atoms with Crippen LogP contribution in [0.25, 0.3) is 0 Å². The van der Waals surface area contributed by atoms with Crippen molar-refractivity contribution < 1.29 is 0 Å². The normalized spacial score (nSPS) is 20.9. The zero-order valence-electron chi connectivity index (χ0n) is 10.0. The maximum absolute atomic E-state index is 3.57. The van der Waals surface area contributed by atoms with E-state index in [0.717, 1.165) is 11.8 Å². The number of nitrogens with one attached hydrogen (secondary N) is 1. The first-order valence-corrected chi connectivity index (χ1v) is 7.27. The molecule has 88 valence electrons. The fourth-order valence-electron chi connectivity index (χ4n) is 2.05. The third-order valence-electron chi connectivity index (χ3n) is 3.10. The predicted molar refractivity (Wildman–Crippen MR) is 73.0 cm³/mol. The lowest BCUT2D eigenvalue weighted by atomic mass is 10.1. The second-order valence-electron chi connectivity index (χ2n) is 4.61. The van der Waals surface area contributed by atoms with E-state index in [9.17, 15) is 0 Å². The molecule has 1 aromatic carbocycles. The molecule has 1 saturated heterocycles. The molecule has 0 amide bonds. The van der Waals surface area contributed by atoms with Gasteiger partial charge in [0, 0.05) is 18.3 Å². The lowest BCUT2D eigenvalue weighted by molar-refractivity contribution is 0.598. The van der Waals surface area contributed by atoms with Crippen LogP contribution in [0.15, 0.2) is 24.3 Å². The van der Waals surface area contributed by atoms with Gasteiger partial charge in [0.05, 0.1) is 0 Å². The van der Waals surface area contributed by atoms with Crippen LogP contribution in [0.4, 0.5) is 0 Å². The van der Waals surface area contributed by atoms with E-state index in [2.05, 4.69) is 48.3 Å². The molecule has 1 aliphatic heterocycles. The van der Waals surface area contributed by atoms with Gasteiger partial charge in [-0.3, -0.25) is 0 Å². The molecule has 0 radical (unpaired) electrons. The Bertz CT molecular complexity index is 301. The van der Waals surface area contributed by atoms with Crippen LogP contribution in [0.1, 0.15) is 30.4 Å². The van der Waals surface area contributed by atoms with Gasteiger partial charge in [0.15, 0.2) is 0 Å². The van der Waals surface area contributed by atoms with Crippen LogP contribution in [0, 0.1) is 6.92 Å². The first-order chi connectivity index (χ1) is 7.84. The zero-order valence-corrected chi connectivity index (χ0v) is 10.9. The monoisotopic (exact) mass is 235 g/mol. The van der Waals surface area contributed by atoms with Gasteiger partial charge in [0.1, 0.15) is 0 Å². The van der Waals surface area contributed by atoms with Crippen molar-refractivity contribution >= 4 is 11.8 Å². The van der Waals surface area contributed by atoms with E-state index in [4.69, 9.17) is 0 Å². The van der Waals surface area contributed by atoms with Gasteiger partial charge in [-0.15, -0.1) is 0 Å². The zero-order chi connectivity index (χ0) is 11.2. The molecule has 1 unspecified atom stereocenters. The predicted octanol–water partition coefficient (Wildman–Crippen LogP) is 3.37. The molecular weight excluding hydrogens is 214 g/mol. The van der Waals surface area contributed by atoms with E-state index in [0.29, 0.717) is 0 Å². The van der Waals surface area contributed by atoms with E-state index < -0.39 is 0 Å². The van der Waals surface area contributed by atoms with Crippen LogP contribution in [0.2, 0.25) is 0 Å². The Morgan fingerprint density at radius 3 is 2.75 bits per heavy atom. The molecule has 0 aromatic heterocycles. The van der Waals surface area contributed by atoms with Gasteiger partial charge in [-0.1, -0.05) is 36.2 Å². The summed E-state index contributed by atoms with van der Waals surface area (Å²) in [6.45, 7) is 4.31. The SMILES string of the molecule is Cc1ccc(CNCC2CCCCS2)cc1. The molecular formula is C14H21NS. The van der Waals surface area contributed by atoms with Crippen molar-refractivity contribution in [1.82, 2.24) is 5.32 Å². The quantitative estimate of drug-likeness (QED) is 0.858. The molecule has 1 aliphatic rings. The summed E-state index contributed by atoms with van der Waals surface area (Å²) in [6.07, 6.45) is 4.23. The van der Waals surface area contributed by atoms with E-state index in [1.54, 1.807) is 0 Å². The molecule has 1 fully saturated rings. The average molecular weight is 235 g/mol. The van der Waals surface area contributed by atoms with Crippen LogP contribution in [0.5, 0.6) is 0 Å². The van der Waals surface area contributed by atoms with Crippen molar-refractivity contribution in [3.63, 3.8) is 0 Å². The third kappa shape index (κ3) is 3.84. The fourth-order valence-corrected chi connectivity index (χ4v) is 3.32. The lowest BCUT2D eigenvalue weighted by Crippen LogP contribution is -2.26. The second kappa shape index (κ2) is 6.31. The van der Waals surface area contributed by atoms with E-state index in [1.807, 2.05) is 0 Å². The third-order valence-corrected chi connectivity index (χ3v) is 4.49. The van der Waals surface area contributed by atoms with Gasteiger partial charge in [-0.25, -0.2) is 0 Å². The van der Waals surface area contributed by atoms with Crippen LogP contribution in [-0.4, -0.2) is 17.5 Å². The summed E-state index contributed by atoms with van der Waals surface area (Å²) in [6, 6.07) is 8.81. The van der Waals surface area contributed by atoms with Crippen LogP contribution in [0.3, 0.4) is 0 Å². The Hall–Kier alpha value is -0.470. The molecule has 2 rings (SSSR count). The van der Waals surface area contributed by atoms with Crippen LogP contribution < -0.4 is 5.32 Å². The number of benzene rings is 1. The summed E-state index contributed by atoms with van der Waals surface area (Å²) < 4.78 is 0. The minimum atomic E-state index is 0.846. The Labute approximate surface area is 103 Å². The summed E-state index contributed by atoms with van der Waals surface area (Å²) >= 11 is 2.14. The molecule has 0 spiro atoms. The van der Waals surface area contributed by atoms with Gasteiger partial charge in [-0.05, 0) is 31.1 Å². The first-order valence-electron chi connectivity index (χ1n) is 6.22. The molecule has 0 bridgehead atoms. The summed E-state index contributed by atoms with van der Waals surface area (Å²) in [7, 11) is 0. The first kappa shape index (κ1) is 12.0. The lowest BCUT2D eigenvalue weighted by Gasteiger charge is -2.21. The highest BCUT2D eigenvalue weighted by atomic mass is 32.2. The number of hydrogen-bond acceptors (Lipinski definition) is 2. The Morgan fingerprint density at radius 1 is 1.25 bits per heavy atom. The molecule has 1 aromatic rings. The Morgan fingerprint density at radius 2 is 2.06 bits per heavy atom. The smallest absolute Gasteiger partial charge is 0.0205 e. The summed E-state index contributed by atoms with van der Waals surface area (Å²) in [5.74, 6) is 1.36. The minimum Gasteiger partial charge on any atom is -0.312 e. The summed E-state index contributed by atoms with van der Waals surface area (Å²) in [5, 5.41) is 4.42. The molecule has 1 heterocycles. The van der Waals surface area contributed by atoms with E-state index >= 15 is 0 Å². The van der Waals surface area contributed by atoms with Crippen molar-refractivity contribution in [2.24, 2.45) is 0 Å². The topological polar surface area (TPSA) is 12.0 Å². The molecule has 16 heavy (non-hydrogen) atoms. The molecule has 2 heteroatoms. The standard InChI is InChI=1S/C14H21NS/c1-12-5-7-13(8-6-12)10-15-11-14-4-2-3-9-16-14/h5-8,14-15H,2-4,9-11H2,1H3. The van der Waals surface area contributed by atoms with Crippen LogP contribution in [-0.2, 0) is 6.54 Å². The highest BCUT2D eigenvalue weighted by molar-refractivity contribution is 7.99. The van der Waals surface area contributed by atoms with Gasteiger partial charge >= 0.3 is 0 Å². The maximum Gasteiger partial charge on any atom is 0.0205 e. The van der Waals surface area contributed by atoms with Gasteiger partial charge in [0.25, 0.3) is 0 Å². The average Bonchev–Trinajstić information content (AvgIpc) is 2.33. The van der Waals surface area contributed by atoms with Gasteiger partial charge in [0.2, 0.25) is 0 Å². The van der Waals surface area contributed by atoms with Crippen molar-refractivity contribution in [1.29, 1.82) is 0 Å². The number of hydrogen-bond donors (Lipinski definition) is 1. The molecule has 1 nitrogen and oxygen atoms in total. The second-order valence-corrected chi connectivity index (χ2v) is 6.01. The van der Waals surface area contributed by atoms with Gasteiger partial charge in [-0.2, -0.15) is 11.8 Å². The number of thioether (sulfide) groups is 1. The van der Waals surface area contributed by atoms with Crippen molar-refractivity contribution in [3.8, 4) is 0 Å². The van der Waals surface area contributed by atoms with E-state index in [1.165, 1.54) is 42.7 Å². The van der Waals surface area contributed by atoms with Gasteiger partial charge < -0.3 is 5.32 Å². The van der Waals surface area contributed by atoms with Crippen molar-refractivity contribution in [2.45, 2.75) is 38.0 Å². The molecule has 0 saturated carbocycles. The summed E-state index contributed by atoms with van der Waals surface area (Å²) in [4.78, 5) is 0. The van der Waals surface area contributed by atoms with Crippen molar-refractivity contribution in [3.05, 3.63) is 35.4 Å². The number of rotatable bonds is 4. The Balaban J connectivity index is 1.69. The van der Waals surface area contributed by atoms with Crippen LogP contribution >= 0.6 is 11.8 Å². The molecule has 0 aliphatic carbocycles. The van der Waals surface area contributed by atoms with E-state index in [-0.39, 0.29) is 0 Å². The minimum absolute atomic E-state index is 0.846. The fraction of sp³-hybridized carbons (Fsp3) is 0.571. The Kier molecular flexibility index (Phi) is 4.73. The highest BCUT2D eigenvalue weighted by Gasteiger charge is 2.12. The van der Waals surface area contributed by atoms with Crippen molar-refractivity contribution in [2.75, 3.05) is 12.3 Å². The maximum atomic E-state index is 3.57. The molecule has 1 atom stereocenters. The largest absolute Gasteiger partial charge is 0.312 e. The number of aryl methyl sites for hydroxylation is 1.